The van der Waals surface area contributed by atoms with Crippen LogP contribution < -0.4 is 5.32 Å². The molecule has 21 heavy (non-hydrogen) atoms. The van der Waals surface area contributed by atoms with E-state index in [9.17, 15) is 4.79 Å². The number of piperidine rings is 1. The number of hydrogen-bond donors (Lipinski definition) is 1. The van der Waals surface area contributed by atoms with E-state index in [2.05, 4.69) is 17.3 Å². The highest BCUT2D eigenvalue weighted by molar-refractivity contribution is 5.86. The molecule has 0 saturated carbocycles. The van der Waals surface area contributed by atoms with Gasteiger partial charge in [-0.3, -0.25) is 5.32 Å². The number of benzene rings is 1. The Kier molecular flexibility index (Phi) is 3.89. The summed E-state index contributed by atoms with van der Waals surface area (Å²) in [6, 6.07) is 7.16. The molecule has 1 amide bonds. The maximum atomic E-state index is 12.2. The van der Waals surface area contributed by atoms with Gasteiger partial charge in [0.15, 0.2) is 0 Å². The van der Waals surface area contributed by atoms with Crippen molar-refractivity contribution in [2.24, 2.45) is 0 Å². The summed E-state index contributed by atoms with van der Waals surface area (Å²) < 4.78 is 5.66. The van der Waals surface area contributed by atoms with E-state index in [1.54, 1.807) is 0 Å². The van der Waals surface area contributed by atoms with Crippen LogP contribution in [0.15, 0.2) is 18.2 Å². The zero-order chi connectivity index (χ0) is 15.0. The minimum absolute atomic E-state index is 0.0584. The summed E-state index contributed by atoms with van der Waals surface area (Å²) in [5, 5.41) is 2.91. The Labute approximate surface area is 126 Å². The van der Waals surface area contributed by atoms with Gasteiger partial charge in [0.2, 0.25) is 0 Å². The van der Waals surface area contributed by atoms with Crippen LogP contribution in [0.25, 0.3) is 0 Å². The molecule has 4 heteroatoms. The fourth-order valence-corrected chi connectivity index (χ4v) is 3.75. The van der Waals surface area contributed by atoms with Crippen molar-refractivity contribution in [2.75, 3.05) is 12.4 Å². The second-order valence-corrected chi connectivity index (χ2v) is 6.44. The van der Waals surface area contributed by atoms with Crippen molar-refractivity contribution in [3.8, 4) is 0 Å². The van der Waals surface area contributed by atoms with Crippen molar-refractivity contribution in [2.45, 2.75) is 57.7 Å². The summed E-state index contributed by atoms with van der Waals surface area (Å²) in [4.78, 5) is 14.6. The molecule has 1 aromatic rings. The van der Waals surface area contributed by atoms with Gasteiger partial charge in [-0.2, -0.15) is 0 Å². The molecule has 2 aliphatic rings. The summed E-state index contributed by atoms with van der Waals surface area (Å²) in [6.45, 7) is 4.00. The number of hydrogen-bond acceptors (Lipinski definition) is 3. The van der Waals surface area contributed by atoms with Gasteiger partial charge in [0.05, 0.1) is 0 Å². The average molecular weight is 288 g/mol. The number of fused-ring (bicyclic) bond motifs is 2. The number of nitrogens with zero attached hydrogens (tertiary/aromatic N) is 1. The standard InChI is InChI=1S/C17H24N2O2/c1-11-5-4-6-12(2)16(11)18-17(20)21-15-9-13-7-8-14(10-15)19(13)3/h4-6,13-15H,7-10H2,1-3H3,(H,18,20). The van der Waals surface area contributed by atoms with Crippen molar-refractivity contribution in [3.05, 3.63) is 29.3 Å². The normalized spacial score (nSPS) is 28.4. The minimum Gasteiger partial charge on any atom is -0.446 e. The zero-order valence-electron chi connectivity index (χ0n) is 13.1. The van der Waals surface area contributed by atoms with Gasteiger partial charge in [-0.1, -0.05) is 18.2 Å². The summed E-state index contributed by atoms with van der Waals surface area (Å²) in [5.74, 6) is 0. The number of nitrogens with one attached hydrogen (secondary N) is 1. The molecule has 114 valence electrons. The highest BCUT2D eigenvalue weighted by Crippen LogP contribution is 2.35. The van der Waals surface area contributed by atoms with Gasteiger partial charge in [0.1, 0.15) is 6.10 Å². The van der Waals surface area contributed by atoms with Crippen LogP contribution >= 0.6 is 0 Å². The fraction of sp³-hybridized carbons (Fsp3) is 0.588. The molecule has 0 spiro atoms. The monoisotopic (exact) mass is 288 g/mol. The molecule has 2 saturated heterocycles. The van der Waals surface area contributed by atoms with Gasteiger partial charge in [0, 0.05) is 30.6 Å². The van der Waals surface area contributed by atoms with Gasteiger partial charge in [-0.05, 0) is 44.9 Å². The van der Waals surface area contributed by atoms with Gasteiger partial charge in [-0.15, -0.1) is 0 Å². The van der Waals surface area contributed by atoms with E-state index in [1.165, 1.54) is 12.8 Å². The predicted octanol–water partition coefficient (Wildman–Crippen LogP) is 3.48. The number of ether oxygens (including phenoxy) is 1. The number of aryl methyl sites for hydroxylation is 2. The number of carbonyl (C=O) groups excluding carboxylic acids is 1. The lowest BCUT2D eigenvalue weighted by atomic mass is 10.0. The lowest BCUT2D eigenvalue weighted by Crippen LogP contribution is -2.43. The first-order chi connectivity index (χ1) is 10.0. The molecule has 2 aliphatic heterocycles. The van der Waals surface area contributed by atoms with E-state index in [0.29, 0.717) is 12.1 Å². The van der Waals surface area contributed by atoms with E-state index >= 15 is 0 Å². The molecule has 2 bridgehead atoms. The second kappa shape index (κ2) is 5.68. The SMILES string of the molecule is Cc1cccc(C)c1NC(=O)OC1CC2CCC(C1)N2C. The predicted molar refractivity (Wildman–Crippen MR) is 83.6 cm³/mol. The Morgan fingerprint density at radius 1 is 1.19 bits per heavy atom. The molecule has 0 aliphatic carbocycles. The Morgan fingerprint density at radius 2 is 1.76 bits per heavy atom. The number of amides is 1. The second-order valence-electron chi connectivity index (χ2n) is 6.44. The van der Waals surface area contributed by atoms with Crippen LogP contribution in [0, 0.1) is 13.8 Å². The van der Waals surface area contributed by atoms with Crippen LogP contribution in [0.1, 0.15) is 36.8 Å². The molecule has 1 N–H and O–H groups in total. The van der Waals surface area contributed by atoms with E-state index in [1.807, 2.05) is 32.0 Å². The van der Waals surface area contributed by atoms with Crippen LogP contribution in [-0.4, -0.2) is 36.2 Å². The van der Waals surface area contributed by atoms with E-state index in [4.69, 9.17) is 4.74 Å². The lowest BCUT2D eigenvalue weighted by Gasteiger charge is -2.35. The minimum atomic E-state index is -0.318. The number of carbonyl (C=O) groups is 1. The first-order valence-electron chi connectivity index (χ1n) is 7.80. The van der Waals surface area contributed by atoms with E-state index in [0.717, 1.165) is 29.7 Å². The van der Waals surface area contributed by atoms with Gasteiger partial charge in [0.25, 0.3) is 0 Å². The molecule has 1 aromatic carbocycles. The van der Waals surface area contributed by atoms with Crippen molar-refractivity contribution in [1.82, 2.24) is 4.90 Å². The lowest BCUT2D eigenvalue weighted by molar-refractivity contribution is 0.0348. The third-order valence-corrected chi connectivity index (χ3v) is 5.04. The summed E-state index contributed by atoms with van der Waals surface area (Å²) >= 11 is 0. The summed E-state index contributed by atoms with van der Waals surface area (Å²) in [7, 11) is 2.19. The molecule has 0 aromatic heterocycles. The molecule has 2 unspecified atom stereocenters. The fourth-order valence-electron chi connectivity index (χ4n) is 3.75. The molecule has 2 fully saturated rings. The highest BCUT2D eigenvalue weighted by Gasteiger charge is 2.39. The third-order valence-electron chi connectivity index (χ3n) is 5.04. The number of rotatable bonds is 2. The Bertz CT molecular complexity index is 509. The molecular weight excluding hydrogens is 264 g/mol. The average Bonchev–Trinajstić information content (AvgIpc) is 2.65. The molecule has 2 atom stereocenters. The summed E-state index contributed by atoms with van der Waals surface area (Å²) in [6.07, 6.45) is 4.14. The topological polar surface area (TPSA) is 41.6 Å². The molecule has 3 rings (SSSR count). The first kappa shape index (κ1) is 14.4. The molecule has 4 nitrogen and oxygen atoms in total. The zero-order valence-corrected chi connectivity index (χ0v) is 13.1. The van der Waals surface area contributed by atoms with Crippen molar-refractivity contribution < 1.29 is 9.53 Å². The van der Waals surface area contributed by atoms with Crippen LogP contribution in [0.2, 0.25) is 0 Å². The van der Waals surface area contributed by atoms with Gasteiger partial charge >= 0.3 is 6.09 Å². The third kappa shape index (κ3) is 2.91. The van der Waals surface area contributed by atoms with Gasteiger partial charge in [-0.25, -0.2) is 4.79 Å². The van der Waals surface area contributed by atoms with E-state index in [-0.39, 0.29) is 12.2 Å². The first-order valence-corrected chi connectivity index (χ1v) is 7.80. The summed E-state index contributed by atoms with van der Waals surface area (Å²) in [5.41, 5.74) is 3.00. The number of anilines is 1. The van der Waals surface area contributed by atoms with Crippen molar-refractivity contribution in [3.63, 3.8) is 0 Å². The quantitative estimate of drug-likeness (QED) is 0.906. The van der Waals surface area contributed by atoms with Crippen LogP contribution in [0.5, 0.6) is 0 Å². The highest BCUT2D eigenvalue weighted by atomic mass is 16.6. The largest absolute Gasteiger partial charge is 0.446 e. The molecule has 0 radical (unpaired) electrons. The Balaban J connectivity index is 1.60. The van der Waals surface area contributed by atoms with E-state index < -0.39 is 0 Å². The molecular formula is C17H24N2O2. The van der Waals surface area contributed by atoms with Crippen LogP contribution in [-0.2, 0) is 4.74 Å². The Hall–Kier alpha value is -1.55. The Morgan fingerprint density at radius 3 is 2.33 bits per heavy atom. The maximum Gasteiger partial charge on any atom is 0.411 e. The van der Waals surface area contributed by atoms with Crippen molar-refractivity contribution >= 4 is 11.8 Å². The van der Waals surface area contributed by atoms with Crippen LogP contribution in [0.3, 0.4) is 0 Å². The van der Waals surface area contributed by atoms with Crippen LogP contribution in [0.4, 0.5) is 10.5 Å². The number of para-hydroxylation sites is 1. The maximum absolute atomic E-state index is 12.2. The molecule has 2 heterocycles. The van der Waals surface area contributed by atoms with Crippen molar-refractivity contribution in [1.29, 1.82) is 0 Å². The smallest absolute Gasteiger partial charge is 0.411 e. The van der Waals surface area contributed by atoms with Gasteiger partial charge < -0.3 is 9.64 Å².